The van der Waals surface area contributed by atoms with Crippen LogP contribution in [0, 0.1) is 19.7 Å². The molecule has 0 radical (unpaired) electrons. The van der Waals surface area contributed by atoms with E-state index in [-0.39, 0.29) is 11.7 Å². The minimum atomic E-state index is -0.382. The molecule has 0 saturated heterocycles. The molecule has 3 N–H and O–H groups in total. The van der Waals surface area contributed by atoms with Crippen molar-refractivity contribution in [3.8, 4) is 0 Å². The molecule has 0 fully saturated rings. The number of para-hydroxylation sites is 1. The number of aryl methyl sites for hydroxylation is 2. The summed E-state index contributed by atoms with van der Waals surface area (Å²) in [5, 5.41) is 2.65. The summed E-state index contributed by atoms with van der Waals surface area (Å²) in [4.78, 5) is 12.1. The highest BCUT2D eigenvalue weighted by molar-refractivity contribution is 6.08. The summed E-state index contributed by atoms with van der Waals surface area (Å²) in [6, 6.07) is 9.61. The van der Waals surface area contributed by atoms with Crippen molar-refractivity contribution >= 4 is 17.3 Å². The first-order valence-corrected chi connectivity index (χ1v) is 5.91. The second-order valence-electron chi connectivity index (χ2n) is 4.51. The van der Waals surface area contributed by atoms with Gasteiger partial charge in [0.1, 0.15) is 5.82 Å². The molecule has 0 aliphatic heterocycles. The van der Waals surface area contributed by atoms with Gasteiger partial charge in [0.15, 0.2) is 0 Å². The second kappa shape index (κ2) is 5.10. The predicted octanol–water partition coefficient (Wildman–Crippen LogP) is 3.28. The van der Waals surface area contributed by atoms with Crippen LogP contribution in [0.15, 0.2) is 36.4 Å². The summed E-state index contributed by atoms with van der Waals surface area (Å²) in [7, 11) is 0. The molecular formula is C15H15FN2O. The highest BCUT2D eigenvalue weighted by Crippen LogP contribution is 2.19. The molecule has 98 valence electrons. The Hall–Kier alpha value is -2.36. The van der Waals surface area contributed by atoms with Gasteiger partial charge in [-0.15, -0.1) is 0 Å². The molecule has 0 bridgehead atoms. The maximum absolute atomic E-state index is 13.2. The summed E-state index contributed by atoms with van der Waals surface area (Å²) in [6.07, 6.45) is 0. The van der Waals surface area contributed by atoms with Crippen LogP contribution in [0.4, 0.5) is 15.8 Å². The summed E-state index contributed by atoms with van der Waals surface area (Å²) in [6.45, 7) is 3.60. The molecule has 2 aromatic carbocycles. The van der Waals surface area contributed by atoms with Crippen molar-refractivity contribution in [1.82, 2.24) is 0 Å². The Morgan fingerprint density at radius 2 is 1.95 bits per heavy atom. The highest BCUT2D eigenvalue weighted by atomic mass is 19.1. The Bertz CT molecular complexity index is 618. The van der Waals surface area contributed by atoms with Crippen molar-refractivity contribution < 1.29 is 9.18 Å². The largest absolute Gasteiger partial charge is 0.398 e. The Morgan fingerprint density at radius 3 is 2.63 bits per heavy atom. The van der Waals surface area contributed by atoms with Crippen LogP contribution < -0.4 is 11.1 Å². The summed E-state index contributed by atoms with van der Waals surface area (Å²) in [5.74, 6) is -0.723. The number of hydrogen-bond donors (Lipinski definition) is 2. The molecule has 2 rings (SSSR count). The van der Waals surface area contributed by atoms with Crippen molar-refractivity contribution in [1.29, 1.82) is 0 Å². The van der Waals surface area contributed by atoms with Crippen molar-refractivity contribution in [2.75, 3.05) is 11.1 Å². The maximum Gasteiger partial charge on any atom is 0.257 e. The molecule has 0 heterocycles. The van der Waals surface area contributed by atoms with E-state index in [1.165, 1.54) is 12.1 Å². The van der Waals surface area contributed by atoms with Gasteiger partial charge in [-0.2, -0.15) is 0 Å². The first-order valence-electron chi connectivity index (χ1n) is 5.91. The van der Waals surface area contributed by atoms with Crippen LogP contribution in [0.2, 0.25) is 0 Å². The predicted molar refractivity (Wildman–Crippen MR) is 74.7 cm³/mol. The second-order valence-corrected chi connectivity index (χ2v) is 4.51. The van der Waals surface area contributed by atoms with Gasteiger partial charge in [0.2, 0.25) is 0 Å². The molecule has 0 atom stereocenters. The Balaban J connectivity index is 2.28. The minimum Gasteiger partial charge on any atom is -0.398 e. The number of nitrogen functional groups attached to an aromatic ring is 1. The Kier molecular flexibility index (Phi) is 3.51. The molecule has 2 aromatic rings. The fourth-order valence-electron chi connectivity index (χ4n) is 1.89. The van der Waals surface area contributed by atoms with Gasteiger partial charge in [0.05, 0.1) is 5.56 Å². The highest BCUT2D eigenvalue weighted by Gasteiger charge is 2.11. The summed E-state index contributed by atoms with van der Waals surface area (Å²) in [5.41, 5.74) is 8.69. The smallest absolute Gasteiger partial charge is 0.257 e. The number of nitrogens with two attached hydrogens (primary N) is 1. The Labute approximate surface area is 111 Å². The van der Waals surface area contributed by atoms with E-state index in [9.17, 15) is 9.18 Å². The maximum atomic E-state index is 13.2. The van der Waals surface area contributed by atoms with Gasteiger partial charge in [-0.05, 0) is 49.2 Å². The quantitative estimate of drug-likeness (QED) is 0.812. The van der Waals surface area contributed by atoms with Crippen molar-refractivity contribution in [2.45, 2.75) is 13.8 Å². The number of halogens is 1. The van der Waals surface area contributed by atoms with Crippen LogP contribution in [0.25, 0.3) is 0 Å². The summed E-state index contributed by atoms with van der Waals surface area (Å²) >= 11 is 0. The van der Waals surface area contributed by atoms with Gasteiger partial charge < -0.3 is 11.1 Å². The van der Waals surface area contributed by atoms with Crippen LogP contribution in [-0.2, 0) is 0 Å². The fourth-order valence-corrected chi connectivity index (χ4v) is 1.89. The van der Waals surface area contributed by atoms with Crippen LogP contribution in [-0.4, -0.2) is 5.91 Å². The molecule has 0 aliphatic rings. The van der Waals surface area contributed by atoms with E-state index < -0.39 is 0 Å². The number of anilines is 2. The lowest BCUT2D eigenvalue weighted by molar-refractivity contribution is 0.102. The monoisotopic (exact) mass is 258 g/mol. The van der Waals surface area contributed by atoms with E-state index in [4.69, 9.17) is 5.73 Å². The van der Waals surface area contributed by atoms with E-state index in [0.29, 0.717) is 16.9 Å². The fraction of sp³-hybridized carbons (Fsp3) is 0.133. The Morgan fingerprint density at radius 1 is 1.21 bits per heavy atom. The third kappa shape index (κ3) is 2.91. The molecule has 0 saturated carbocycles. The summed E-state index contributed by atoms with van der Waals surface area (Å²) < 4.78 is 13.2. The van der Waals surface area contributed by atoms with Crippen LogP contribution in [0.3, 0.4) is 0 Å². The zero-order chi connectivity index (χ0) is 14.0. The molecule has 0 unspecified atom stereocenters. The number of nitrogens with one attached hydrogen (secondary N) is 1. The third-order valence-corrected chi connectivity index (χ3v) is 2.87. The lowest BCUT2D eigenvalue weighted by Gasteiger charge is -2.10. The lowest BCUT2D eigenvalue weighted by atomic mass is 10.1. The van der Waals surface area contributed by atoms with E-state index in [1.54, 1.807) is 25.1 Å². The zero-order valence-corrected chi connectivity index (χ0v) is 10.8. The normalized spacial score (nSPS) is 10.3. The van der Waals surface area contributed by atoms with Gasteiger partial charge in [-0.25, -0.2) is 4.39 Å². The SMILES string of the molecule is Cc1cc(F)cc(NC(=O)c2cccc(C)c2N)c1. The van der Waals surface area contributed by atoms with E-state index in [1.807, 2.05) is 13.0 Å². The van der Waals surface area contributed by atoms with Crippen LogP contribution in [0.1, 0.15) is 21.5 Å². The van der Waals surface area contributed by atoms with E-state index in [0.717, 1.165) is 11.1 Å². The van der Waals surface area contributed by atoms with E-state index in [2.05, 4.69) is 5.32 Å². The third-order valence-electron chi connectivity index (χ3n) is 2.87. The van der Waals surface area contributed by atoms with Crippen molar-refractivity contribution in [3.63, 3.8) is 0 Å². The number of carbonyl (C=O) groups is 1. The van der Waals surface area contributed by atoms with Crippen molar-refractivity contribution in [3.05, 3.63) is 58.9 Å². The molecule has 19 heavy (non-hydrogen) atoms. The van der Waals surface area contributed by atoms with Gasteiger partial charge in [0.25, 0.3) is 5.91 Å². The number of benzene rings is 2. The first kappa shape index (κ1) is 13.1. The molecular weight excluding hydrogens is 243 g/mol. The molecule has 4 heteroatoms. The standard InChI is InChI=1S/C15H15FN2O/c1-9-6-11(16)8-12(7-9)18-15(19)13-5-3-4-10(2)14(13)17/h3-8H,17H2,1-2H3,(H,18,19). The van der Waals surface area contributed by atoms with Gasteiger partial charge >= 0.3 is 0 Å². The number of carbonyl (C=O) groups excluding carboxylic acids is 1. The lowest BCUT2D eigenvalue weighted by Crippen LogP contribution is -2.14. The molecule has 1 amide bonds. The topological polar surface area (TPSA) is 55.1 Å². The molecule has 3 nitrogen and oxygen atoms in total. The number of hydrogen-bond acceptors (Lipinski definition) is 2. The van der Waals surface area contributed by atoms with Crippen LogP contribution >= 0.6 is 0 Å². The first-order chi connectivity index (χ1) is 8.97. The minimum absolute atomic E-state index is 0.341. The van der Waals surface area contributed by atoms with Gasteiger partial charge in [-0.1, -0.05) is 12.1 Å². The molecule has 0 aliphatic carbocycles. The average molecular weight is 258 g/mol. The van der Waals surface area contributed by atoms with E-state index >= 15 is 0 Å². The van der Waals surface area contributed by atoms with Crippen LogP contribution in [0.5, 0.6) is 0 Å². The number of rotatable bonds is 2. The molecule has 0 aromatic heterocycles. The van der Waals surface area contributed by atoms with Gasteiger partial charge in [-0.3, -0.25) is 4.79 Å². The molecule has 0 spiro atoms. The van der Waals surface area contributed by atoms with Crippen molar-refractivity contribution in [2.24, 2.45) is 0 Å². The zero-order valence-electron chi connectivity index (χ0n) is 10.8. The van der Waals surface area contributed by atoms with Gasteiger partial charge in [0, 0.05) is 11.4 Å². The average Bonchev–Trinajstić information content (AvgIpc) is 2.31. The number of amides is 1.